The normalized spacial score (nSPS) is 12.7. The average molecular weight is 209 g/mol. The van der Waals surface area contributed by atoms with E-state index in [0.717, 1.165) is 37.1 Å². The fourth-order valence-electron chi connectivity index (χ4n) is 1.48. The van der Waals surface area contributed by atoms with Gasteiger partial charge < -0.3 is 16.2 Å². The number of nitrogens with two attached hydrogens (primary N) is 2. The van der Waals surface area contributed by atoms with Crippen LogP contribution in [0.1, 0.15) is 18.4 Å². The average Bonchev–Trinajstić information content (AvgIpc) is 2.22. The van der Waals surface area contributed by atoms with Crippen LogP contribution in [0.25, 0.3) is 0 Å². The van der Waals surface area contributed by atoms with Crippen LogP contribution in [0.5, 0.6) is 0 Å². The SMILES string of the molecule is COCCCC(N)Cc1cnccc1N. The van der Waals surface area contributed by atoms with Crippen molar-refractivity contribution < 1.29 is 4.74 Å². The minimum absolute atomic E-state index is 0.131. The van der Waals surface area contributed by atoms with Crippen molar-refractivity contribution in [2.45, 2.75) is 25.3 Å². The van der Waals surface area contributed by atoms with Crippen molar-refractivity contribution >= 4 is 5.69 Å². The zero-order valence-electron chi connectivity index (χ0n) is 9.15. The summed E-state index contributed by atoms with van der Waals surface area (Å²) in [5.74, 6) is 0. The Labute approximate surface area is 90.6 Å². The van der Waals surface area contributed by atoms with Gasteiger partial charge in [-0.15, -0.1) is 0 Å². The predicted octanol–water partition coefficient (Wildman–Crippen LogP) is 0.960. The number of ether oxygens (including phenoxy) is 1. The van der Waals surface area contributed by atoms with Crippen LogP contribution in [0.2, 0.25) is 0 Å². The van der Waals surface area contributed by atoms with Gasteiger partial charge >= 0.3 is 0 Å². The van der Waals surface area contributed by atoms with E-state index in [9.17, 15) is 0 Å². The summed E-state index contributed by atoms with van der Waals surface area (Å²) in [6.07, 6.45) is 6.18. The molecule has 0 fully saturated rings. The first-order chi connectivity index (χ1) is 7.24. The van der Waals surface area contributed by atoms with Gasteiger partial charge in [0.25, 0.3) is 0 Å². The summed E-state index contributed by atoms with van der Waals surface area (Å²) in [4.78, 5) is 4.03. The highest BCUT2D eigenvalue weighted by Gasteiger charge is 2.06. The zero-order chi connectivity index (χ0) is 11.1. The summed E-state index contributed by atoms with van der Waals surface area (Å²) < 4.78 is 4.97. The predicted molar refractivity (Wildman–Crippen MR) is 61.4 cm³/mol. The first-order valence-electron chi connectivity index (χ1n) is 5.17. The molecule has 1 aromatic heterocycles. The molecule has 1 atom stereocenters. The summed E-state index contributed by atoms with van der Waals surface area (Å²) in [5, 5.41) is 0. The van der Waals surface area contributed by atoms with E-state index in [1.54, 1.807) is 25.6 Å². The highest BCUT2D eigenvalue weighted by atomic mass is 16.5. The van der Waals surface area contributed by atoms with E-state index in [-0.39, 0.29) is 6.04 Å². The van der Waals surface area contributed by atoms with E-state index in [2.05, 4.69) is 4.98 Å². The third-order valence-electron chi connectivity index (χ3n) is 2.35. The number of hydrogen-bond donors (Lipinski definition) is 2. The van der Waals surface area contributed by atoms with Crippen molar-refractivity contribution in [3.8, 4) is 0 Å². The van der Waals surface area contributed by atoms with E-state index in [4.69, 9.17) is 16.2 Å². The molecule has 0 aliphatic carbocycles. The molecular formula is C11H19N3O. The number of rotatable bonds is 6. The standard InChI is InChI=1S/C11H19N3O/c1-15-6-2-3-10(12)7-9-8-14-5-4-11(9)13/h4-5,8,10H,2-3,6-7,12H2,1H3,(H2,13,14). The zero-order valence-corrected chi connectivity index (χ0v) is 9.15. The van der Waals surface area contributed by atoms with Crippen molar-refractivity contribution in [2.75, 3.05) is 19.5 Å². The molecule has 0 saturated heterocycles. The van der Waals surface area contributed by atoms with Crippen LogP contribution in [-0.2, 0) is 11.2 Å². The van der Waals surface area contributed by atoms with E-state index >= 15 is 0 Å². The molecular weight excluding hydrogens is 190 g/mol. The Morgan fingerprint density at radius 3 is 3.00 bits per heavy atom. The topological polar surface area (TPSA) is 74.2 Å². The van der Waals surface area contributed by atoms with E-state index < -0.39 is 0 Å². The molecule has 1 aromatic rings. The van der Waals surface area contributed by atoms with Gasteiger partial charge in [0.1, 0.15) is 0 Å². The molecule has 0 spiro atoms. The van der Waals surface area contributed by atoms with Gasteiger partial charge in [0.05, 0.1) is 0 Å². The van der Waals surface area contributed by atoms with Crippen LogP contribution in [0.15, 0.2) is 18.5 Å². The second-order valence-corrected chi connectivity index (χ2v) is 3.67. The largest absolute Gasteiger partial charge is 0.398 e. The summed E-state index contributed by atoms with van der Waals surface area (Å²) in [6, 6.07) is 1.93. The van der Waals surface area contributed by atoms with Gasteiger partial charge in [0, 0.05) is 37.8 Å². The molecule has 15 heavy (non-hydrogen) atoms. The molecule has 0 aliphatic rings. The van der Waals surface area contributed by atoms with Crippen LogP contribution in [-0.4, -0.2) is 24.7 Å². The molecule has 0 amide bonds. The maximum absolute atomic E-state index is 5.98. The molecule has 0 aliphatic heterocycles. The Bertz CT molecular complexity index is 291. The van der Waals surface area contributed by atoms with Gasteiger partial charge in [-0.05, 0) is 30.9 Å². The maximum Gasteiger partial charge on any atom is 0.0462 e. The monoisotopic (exact) mass is 209 g/mol. The van der Waals surface area contributed by atoms with Crippen molar-refractivity contribution in [3.63, 3.8) is 0 Å². The smallest absolute Gasteiger partial charge is 0.0462 e. The number of hydrogen-bond acceptors (Lipinski definition) is 4. The number of nitrogen functional groups attached to an aromatic ring is 1. The Morgan fingerprint density at radius 2 is 2.33 bits per heavy atom. The van der Waals surface area contributed by atoms with E-state index in [1.807, 2.05) is 0 Å². The lowest BCUT2D eigenvalue weighted by Gasteiger charge is -2.12. The molecule has 1 heterocycles. The van der Waals surface area contributed by atoms with Gasteiger partial charge in [0.2, 0.25) is 0 Å². The molecule has 0 radical (unpaired) electrons. The molecule has 84 valence electrons. The number of anilines is 1. The lowest BCUT2D eigenvalue weighted by atomic mass is 10.0. The van der Waals surface area contributed by atoms with Gasteiger partial charge in [-0.2, -0.15) is 0 Å². The van der Waals surface area contributed by atoms with Gasteiger partial charge in [-0.25, -0.2) is 0 Å². The molecule has 0 saturated carbocycles. The number of methoxy groups -OCH3 is 1. The van der Waals surface area contributed by atoms with Gasteiger partial charge in [-0.3, -0.25) is 4.98 Å². The minimum Gasteiger partial charge on any atom is -0.398 e. The fraction of sp³-hybridized carbons (Fsp3) is 0.545. The number of pyridine rings is 1. The molecule has 4 nitrogen and oxygen atoms in total. The first kappa shape index (κ1) is 11.9. The molecule has 4 N–H and O–H groups in total. The minimum atomic E-state index is 0.131. The quantitative estimate of drug-likeness (QED) is 0.684. The molecule has 1 unspecified atom stereocenters. The Balaban J connectivity index is 2.37. The summed E-state index contributed by atoms with van der Waals surface area (Å²) in [7, 11) is 1.70. The third-order valence-corrected chi connectivity index (χ3v) is 2.35. The van der Waals surface area contributed by atoms with E-state index in [0.29, 0.717) is 0 Å². The van der Waals surface area contributed by atoms with Crippen LogP contribution in [0.3, 0.4) is 0 Å². The molecule has 1 rings (SSSR count). The van der Waals surface area contributed by atoms with Crippen molar-refractivity contribution in [1.29, 1.82) is 0 Å². The molecule has 0 bridgehead atoms. The van der Waals surface area contributed by atoms with Gasteiger partial charge in [-0.1, -0.05) is 0 Å². The summed E-state index contributed by atoms with van der Waals surface area (Å²) in [5.41, 5.74) is 13.6. The highest BCUT2D eigenvalue weighted by Crippen LogP contribution is 2.12. The van der Waals surface area contributed by atoms with Crippen LogP contribution in [0.4, 0.5) is 5.69 Å². The molecule has 4 heteroatoms. The maximum atomic E-state index is 5.98. The Kier molecular flexibility index (Phi) is 5.07. The lowest BCUT2D eigenvalue weighted by molar-refractivity contribution is 0.190. The van der Waals surface area contributed by atoms with Crippen LogP contribution in [0, 0.1) is 0 Å². The van der Waals surface area contributed by atoms with Gasteiger partial charge in [0.15, 0.2) is 0 Å². The van der Waals surface area contributed by atoms with Crippen molar-refractivity contribution in [1.82, 2.24) is 4.98 Å². The van der Waals surface area contributed by atoms with Crippen LogP contribution < -0.4 is 11.5 Å². The second kappa shape index (κ2) is 6.37. The fourth-order valence-corrected chi connectivity index (χ4v) is 1.48. The molecule has 0 aromatic carbocycles. The number of nitrogens with zero attached hydrogens (tertiary/aromatic N) is 1. The van der Waals surface area contributed by atoms with Crippen molar-refractivity contribution in [3.05, 3.63) is 24.0 Å². The van der Waals surface area contributed by atoms with Crippen molar-refractivity contribution in [2.24, 2.45) is 5.73 Å². The second-order valence-electron chi connectivity index (χ2n) is 3.67. The Hall–Kier alpha value is -1.13. The van der Waals surface area contributed by atoms with E-state index in [1.165, 1.54) is 0 Å². The Morgan fingerprint density at radius 1 is 1.53 bits per heavy atom. The highest BCUT2D eigenvalue weighted by molar-refractivity contribution is 5.44. The first-order valence-corrected chi connectivity index (χ1v) is 5.17. The van der Waals surface area contributed by atoms with Crippen LogP contribution >= 0.6 is 0 Å². The summed E-state index contributed by atoms with van der Waals surface area (Å²) in [6.45, 7) is 0.760. The number of aromatic nitrogens is 1. The summed E-state index contributed by atoms with van der Waals surface area (Å²) >= 11 is 0. The lowest BCUT2D eigenvalue weighted by Crippen LogP contribution is -2.23. The third kappa shape index (κ3) is 4.27.